The molecule has 0 spiro atoms. The van der Waals surface area contributed by atoms with Crippen molar-refractivity contribution in [2.75, 3.05) is 34.4 Å². The van der Waals surface area contributed by atoms with E-state index in [1.54, 1.807) is 32.7 Å². The van der Waals surface area contributed by atoms with E-state index in [0.717, 1.165) is 4.90 Å². The summed E-state index contributed by atoms with van der Waals surface area (Å²) in [4.78, 5) is 36.9. The molecule has 2 fully saturated rings. The highest BCUT2D eigenvalue weighted by atomic mass is 19.1. The molecule has 0 N–H and O–H groups in total. The number of amides is 1. The largest absolute Gasteiger partial charge is 0.468 e. The van der Waals surface area contributed by atoms with Crippen LogP contribution in [0.15, 0.2) is 0 Å². The minimum atomic E-state index is -1.22. The first-order valence-electron chi connectivity index (χ1n) is 9.03. The quantitative estimate of drug-likeness (QED) is 0.508. The summed E-state index contributed by atoms with van der Waals surface area (Å²) in [5.41, 5.74) is -0.674. The summed E-state index contributed by atoms with van der Waals surface area (Å²) in [6, 6.07) is -1.26. The molecule has 0 aromatic heterocycles. The molecule has 0 bridgehead atoms. The highest BCUT2D eigenvalue weighted by Crippen LogP contribution is 2.24. The Bertz CT molecular complexity index is 569. The van der Waals surface area contributed by atoms with Crippen LogP contribution in [0, 0.1) is 0 Å². The van der Waals surface area contributed by atoms with E-state index in [2.05, 4.69) is 9.47 Å². The number of alkyl halides is 2. The van der Waals surface area contributed by atoms with Gasteiger partial charge in [-0.15, -0.1) is 0 Å². The molecule has 0 unspecified atom stereocenters. The molecule has 0 radical (unpaired) electrons. The first-order valence-corrected chi connectivity index (χ1v) is 9.03. The molecule has 0 saturated carbocycles. The summed E-state index contributed by atoms with van der Waals surface area (Å²) in [6.45, 7) is 5.33. The van der Waals surface area contributed by atoms with E-state index in [1.807, 2.05) is 0 Å². The fourth-order valence-corrected chi connectivity index (χ4v) is 3.02. The molecule has 10 heteroatoms. The predicted molar refractivity (Wildman–Crippen MR) is 96.2 cm³/mol. The van der Waals surface area contributed by atoms with Gasteiger partial charge < -0.3 is 14.2 Å². The molecular formula is C18H30F2N2O6. The average molecular weight is 408 g/mol. The molecular weight excluding hydrogens is 378 g/mol. The van der Waals surface area contributed by atoms with Gasteiger partial charge in [0.2, 0.25) is 0 Å². The first kappa shape index (κ1) is 24.1. The van der Waals surface area contributed by atoms with Crippen LogP contribution in [0.25, 0.3) is 0 Å². The third-order valence-electron chi connectivity index (χ3n) is 4.32. The molecule has 2 rings (SSSR count). The number of esters is 2. The van der Waals surface area contributed by atoms with Gasteiger partial charge in [-0.05, 0) is 27.8 Å². The van der Waals surface area contributed by atoms with Crippen LogP contribution in [0.3, 0.4) is 0 Å². The molecule has 2 heterocycles. The van der Waals surface area contributed by atoms with Crippen LogP contribution in [0.4, 0.5) is 13.6 Å². The molecule has 2 aliphatic rings. The van der Waals surface area contributed by atoms with Gasteiger partial charge in [0, 0.05) is 19.4 Å². The van der Waals surface area contributed by atoms with E-state index < -0.39 is 36.0 Å². The number of likely N-dealkylation sites (tertiary alicyclic amines) is 2. The van der Waals surface area contributed by atoms with Crippen LogP contribution in [-0.4, -0.2) is 92.2 Å². The third-order valence-corrected chi connectivity index (χ3v) is 4.32. The molecule has 2 aliphatic heterocycles. The standard InChI is InChI=1S/C11H18FNO4.C7H12FNO2/c1-11(2,3)17-10(15)13-6-7(12)5-8(13)9(14)16-4;1-9-4-5(8)3-6(9)7(10)11-2/h7-8H,5-6H2,1-4H3;5-6H,3-4H2,1-2H3/t7-,8-;5-,6-/m00/s1. The Kier molecular flexibility index (Phi) is 8.59. The van der Waals surface area contributed by atoms with E-state index in [9.17, 15) is 23.2 Å². The number of ether oxygens (including phenoxy) is 3. The number of likely N-dealkylation sites (N-methyl/N-ethyl adjacent to an activating group) is 1. The van der Waals surface area contributed by atoms with Crippen molar-refractivity contribution in [3.8, 4) is 0 Å². The van der Waals surface area contributed by atoms with Crippen LogP contribution in [0.1, 0.15) is 33.6 Å². The number of nitrogens with zero attached hydrogens (tertiary/aromatic N) is 2. The highest BCUT2D eigenvalue weighted by molar-refractivity contribution is 5.82. The maximum atomic E-state index is 13.3. The molecule has 0 aromatic rings. The maximum absolute atomic E-state index is 13.3. The summed E-state index contributed by atoms with van der Waals surface area (Å²) in [7, 11) is 4.25. The Morgan fingerprint density at radius 3 is 1.79 bits per heavy atom. The SMILES string of the molecule is COC(=O)[C@@H]1C[C@H](F)CN1C.COC(=O)[C@@H]1C[C@H](F)CN1C(=O)OC(C)(C)C. The van der Waals surface area contributed by atoms with Crippen LogP contribution >= 0.6 is 0 Å². The van der Waals surface area contributed by atoms with Crippen molar-refractivity contribution < 1.29 is 37.4 Å². The minimum absolute atomic E-state index is 0.0358. The molecule has 4 atom stereocenters. The summed E-state index contributed by atoms with van der Waals surface area (Å²) in [5.74, 6) is -0.955. The van der Waals surface area contributed by atoms with Gasteiger partial charge in [-0.1, -0.05) is 0 Å². The smallest absolute Gasteiger partial charge is 0.411 e. The van der Waals surface area contributed by atoms with Crippen molar-refractivity contribution in [3.63, 3.8) is 0 Å². The number of hydrogen-bond donors (Lipinski definition) is 0. The van der Waals surface area contributed by atoms with E-state index in [0.29, 0.717) is 6.54 Å². The van der Waals surface area contributed by atoms with Crippen molar-refractivity contribution >= 4 is 18.0 Å². The molecule has 0 aliphatic carbocycles. The molecule has 162 valence electrons. The van der Waals surface area contributed by atoms with Gasteiger partial charge in [-0.25, -0.2) is 18.4 Å². The highest BCUT2D eigenvalue weighted by Gasteiger charge is 2.42. The monoisotopic (exact) mass is 408 g/mol. The summed E-state index contributed by atoms with van der Waals surface area (Å²) in [5, 5.41) is 0. The Morgan fingerprint density at radius 1 is 0.893 bits per heavy atom. The van der Waals surface area contributed by atoms with Crippen LogP contribution in [0.2, 0.25) is 0 Å². The predicted octanol–water partition coefficient (Wildman–Crippen LogP) is 1.71. The fraction of sp³-hybridized carbons (Fsp3) is 0.833. The van der Waals surface area contributed by atoms with Gasteiger partial charge >= 0.3 is 18.0 Å². The maximum Gasteiger partial charge on any atom is 0.411 e. The second kappa shape index (κ2) is 9.99. The van der Waals surface area contributed by atoms with Crippen molar-refractivity contribution in [3.05, 3.63) is 0 Å². The number of halogens is 2. The van der Waals surface area contributed by atoms with Crippen LogP contribution < -0.4 is 0 Å². The zero-order chi connectivity index (χ0) is 21.6. The number of rotatable bonds is 2. The van der Waals surface area contributed by atoms with Gasteiger partial charge in [0.05, 0.1) is 20.8 Å². The van der Waals surface area contributed by atoms with Crippen molar-refractivity contribution in [2.24, 2.45) is 0 Å². The van der Waals surface area contributed by atoms with Gasteiger partial charge in [-0.2, -0.15) is 0 Å². The van der Waals surface area contributed by atoms with E-state index in [4.69, 9.17) is 4.74 Å². The third kappa shape index (κ3) is 6.88. The summed E-state index contributed by atoms with van der Waals surface area (Å²) >= 11 is 0. The second-order valence-corrected chi connectivity index (χ2v) is 7.82. The van der Waals surface area contributed by atoms with Crippen LogP contribution in [-0.2, 0) is 23.8 Å². The zero-order valence-electron chi connectivity index (χ0n) is 17.2. The molecule has 2 saturated heterocycles. The lowest BCUT2D eigenvalue weighted by molar-refractivity contribution is -0.146. The Labute approximate surface area is 164 Å². The second-order valence-electron chi connectivity index (χ2n) is 7.82. The lowest BCUT2D eigenvalue weighted by Crippen LogP contribution is -2.43. The van der Waals surface area contributed by atoms with E-state index in [-0.39, 0.29) is 31.4 Å². The van der Waals surface area contributed by atoms with Gasteiger partial charge in [0.25, 0.3) is 0 Å². The van der Waals surface area contributed by atoms with Crippen molar-refractivity contribution in [2.45, 2.75) is 63.6 Å². The Balaban J connectivity index is 0.000000307. The molecule has 1 amide bonds. The topological polar surface area (TPSA) is 85.4 Å². The number of carbonyl (C=O) groups excluding carboxylic acids is 3. The molecule has 28 heavy (non-hydrogen) atoms. The lowest BCUT2D eigenvalue weighted by Gasteiger charge is -2.27. The summed E-state index contributed by atoms with van der Waals surface area (Å²) in [6.07, 6.45) is -2.56. The number of hydrogen-bond acceptors (Lipinski definition) is 7. The Hall–Kier alpha value is -1.97. The summed E-state index contributed by atoms with van der Waals surface area (Å²) < 4.78 is 40.1. The van der Waals surface area contributed by atoms with E-state index >= 15 is 0 Å². The fourth-order valence-electron chi connectivity index (χ4n) is 3.02. The first-order chi connectivity index (χ1) is 12.9. The van der Waals surface area contributed by atoms with Crippen LogP contribution in [0.5, 0.6) is 0 Å². The van der Waals surface area contributed by atoms with E-state index in [1.165, 1.54) is 14.2 Å². The van der Waals surface area contributed by atoms with Gasteiger partial charge in [0.1, 0.15) is 30.0 Å². The van der Waals surface area contributed by atoms with Crippen molar-refractivity contribution in [1.29, 1.82) is 0 Å². The van der Waals surface area contributed by atoms with Crippen molar-refractivity contribution in [1.82, 2.24) is 9.80 Å². The molecule has 0 aromatic carbocycles. The average Bonchev–Trinajstić information content (AvgIpc) is 3.14. The molecule has 8 nitrogen and oxygen atoms in total. The van der Waals surface area contributed by atoms with Gasteiger partial charge in [0.15, 0.2) is 0 Å². The lowest BCUT2D eigenvalue weighted by atomic mass is 10.2. The Morgan fingerprint density at radius 2 is 1.36 bits per heavy atom. The van der Waals surface area contributed by atoms with Gasteiger partial charge in [-0.3, -0.25) is 14.6 Å². The zero-order valence-corrected chi connectivity index (χ0v) is 17.2. The number of methoxy groups -OCH3 is 2. The number of carbonyl (C=O) groups is 3. The normalized spacial score (nSPS) is 27.6. The minimum Gasteiger partial charge on any atom is -0.468 e.